The summed E-state index contributed by atoms with van der Waals surface area (Å²) in [4.78, 5) is 30.5. The summed E-state index contributed by atoms with van der Waals surface area (Å²) in [7, 11) is 0. The number of fused-ring (bicyclic) bond motifs is 5. The predicted molar refractivity (Wildman–Crippen MR) is 212 cm³/mol. The molecule has 0 aliphatic rings. The van der Waals surface area contributed by atoms with Crippen molar-refractivity contribution in [2.45, 2.75) is 0 Å². The molecule has 0 spiro atoms. The van der Waals surface area contributed by atoms with E-state index in [0.29, 0.717) is 0 Å². The third kappa shape index (κ3) is 5.30. The van der Waals surface area contributed by atoms with Gasteiger partial charge in [-0.15, -0.1) is 11.3 Å². The highest BCUT2D eigenvalue weighted by Gasteiger charge is 2.17. The van der Waals surface area contributed by atoms with Crippen LogP contribution in [-0.2, 0) is 0 Å². The number of nitrogens with zero attached hydrogens (tertiary/aromatic N) is 7. The van der Waals surface area contributed by atoms with Gasteiger partial charge in [0.25, 0.3) is 0 Å². The fraction of sp³-hybridized carbons (Fsp3) is 0. The van der Waals surface area contributed by atoms with Gasteiger partial charge in [0, 0.05) is 97.2 Å². The molecule has 0 aliphatic heterocycles. The third-order valence-corrected chi connectivity index (χ3v) is 10.5. The first-order chi connectivity index (χ1) is 25.7. The van der Waals surface area contributed by atoms with Crippen molar-refractivity contribution in [3.63, 3.8) is 0 Å². The van der Waals surface area contributed by atoms with Crippen LogP contribution < -0.4 is 4.90 Å². The van der Waals surface area contributed by atoms with Crippen LogP contribution in [0.2, 0.25) is 0 Å². The lowest BCUT2D eigenvalue weighted by Crippen LogP contribution is -2.09. The highest BCUT2D eigenvalue weighted by molar-refractivity contribution is 7.25. The van der Waals surface area contributed by atoms with Crippen LogP contribution >= 0.6 is 11.3 Å². The van der Waals surface area contributed by atoms with E-state index in [1.807, 2.05) is 36.9 Å². The average Bonchev–Trinajstić information content (AvgIpc) is 3.61. The number of thiophene rings is 1. The average molecular weight is 686 g/mol. The summed E-state index contributed by atoms with van der Waals surface area (Å²) in [5, 5.41) is 4.30. The van der Waals surface area contributed by atoms with Crippen LogP contribution in [0.4, 0.5) is 17.1 Å². The van der Waals surface area contributed by atoms with Gasteiger partial charge in [-0.25, -0.2) is 9.97 Å². The molecule has 0 saturated carbocycles. The number of aromatic nitrogens is 6. The molecule has 52 heavy (non-hydrogen) atoms. The third-order valence-electron chi connectivity index (χ3n) is 9.46. The number of benzene rings is 4. The minimum Gasteiger partial charge on any atom is -0.311 e. The molecule has 0 saturated heterocycles. The van der Waals surface area contributed by atoms with Gasteiger partial charge in [0.1, 0.15) is 11.2 Å². The van der Waals surface area contributed by atoms with Gasteiger partial charge in [0.05, 0.1) is 16.7 Å². The second-order valence-electron chi connectivity index (χ2n) is 12.6. The number of pyridine rings is 4. The molecule has 7 nitrogen and oxygen atoms in total. The monoisotopic (exact) mass is 685 g/mol. The zero-order chi connectivity index (χ0) is 34.4. The van der Waals surface area contributed by atoms with Crippen LogP contribution in [0.25, 0.3) is 75.6 Å². The van der Waals surface area contributed by atoms with Crippen molar-refractivity contribution in [1.29, 1.82) is 0 Å². The van der Waals surface area contributed by atoms with Crippen LogP contribution in [0.15, 0.2) is 165 Å². The van der Waals surface area contributed by atoms with Crippen LogP contribution in [0, 0.1) is 0 Å². The number of hydrogen-bond acceptors (Lipinski definition) is 8. The molecule has 0 aliphatic carbocycles. The van der Waals surface area contributed by atoms with E-state index in [0.717, 1.165) is 82.6 Å². The molecule has 0 fully saturated rings. The van der Waals surface area contributed by atoms with Gasteiger partial charge in [-0.1, -0.05) is 54.6 Å². The summed E-state index contributed by atoms with van der Waals surface area (Å²) in [6.45, 7) is 0. The van der Waals surface area contributed by atoms with Crippen molar-refractivity contribution in [3.05, 3.63) is 165 Å². The fourth-order valence-electron chi connectivity index (χ4n) is 6.86. The maximum atomic E-state index is 4.77. The van der Waals surface area contributed by atoms with Crippen molar-refractivity contribution >= 4 is 70.5 Å². The van der Waals surface area contributed by atoms with Crippen molar-refractivity contribution in [1.82, 2.24) is 29.9 Å². The van der Waals surface area contributed by atoms with E-state index in [9.17, 15) is 0 Å². The molecule has 10 rings (SSSR count). The van der Waals surface area contributed by atoms with E-state index in [1.54, 1.807) is 30.1 Å². The lowest BCUT2D eigenvalue weighted by Gasteiger charge is -2.26. The van der Waals surface area contributed by atoms with E-state index in [1.165, 1.54) is 10.1 Å². The van der Waals surface area contributed by atoms with Crippen LogP contribution in [0.1, 0.15) is 0 Å². The molecule has 0 atom stereocenters. The van der Waals surface area contributed by atoms with Crippen LogP contribution in [0.5, 0.6) is 0 Å². The summed E-state index contributed by atoms with van der Waals surface area (Å²) >= 11 is 1.70. The zero-order valence-corrected chi connectivity index (χ0v) is 28.4. The Morgan fingerprint density at radius 1 is 0.462 bits per heavy atom. The van der Waals surface area contributed by atoms with Gasteiger partial charge >= 0.3 is 0 Å². The molecule has 6 aromatic heterocycles. The minimum atomic E-state index is 0.930. The molecule has 0 N–H and O–H groups in total. The number of rotatable bonds is 6. The van der Waals surface area contributed by atoms with E-state index in [-0.39, 0.29) is 0 Å². The molecular weight excluding hydrogens is 659 g/mol. The summed E-state index contributed by atoms with van der Waals surface area (Å²) in [5.41, 5.74) is 11.2. The Morgan fingerprint density at radius 2 is 1.00 bits per heavy atom. The first kappa shape index (κ1) is 30.0. The number of anilines is 3. The molecule has 244 valence electrons. The molecular formula is C44H27N7S. The molecule has 8 heteroatoms. The van der Waals surface area contributed by atoms with Crippen LogP contribution in [0.3, 0.4) is 0 Å². The molecule has 10 aromatic rings. The van der Waals surface area contributed by atoms with Crippen molar-refractivity contribution in [2.24, 2.45) is 0 Å². The van der Waals surface area contributed by atoms with Crippen LogP contribution in [-0.4, -0.2) is 29.9 Å². The second kappa shape index (κ2) is 12.5. The molecule has 0 bridgehead atoms. The minimum absolute atomic E-state index is 0.930. The lowest BCUT2D eigenvalue weighted by atomic mass is 10.0. The van der Waals surface area contributed by atoms with Gasteiger partial charge in [-0.3, -0.25) is 19.9 Å². The Bertz CT molecular complexity index is 2780. The highest BCUT2D eigenvalue weighted by atomic mass is 32.1. The van der Waals surface area contributed by atoms with E-state index in [2.05, 4.69) is 139 Å². The van der Waals surface area contributed by atoms with Crippen molar-refractivity contribution in [3.8, 4) is 33.5 Å². The summed E-state index contributed by atoms with van der Waals surface area (Å²) in [5.74, 6) is 0. The predicted octanol–water partition coefficient (Wildman–Crippen LogP) is 11.2. The zero-order valence-electron chi connectivity index (χ0n) is 27.6. The quantitative estimate of drug-likeness (QED) is 0.172. The Morgan fingerprint density at radius 3 is 1.58 bits per heavy atom. The summed E-state index contributed by atoms with van der Waals surface area (Å²) < 4.78 is 1.21. The van der Waals surface area contributed by atoms with E-state index in [4.69, 9.17) is 4.98 Å². The topological polar surface area (TPSA) is 80.6 Å². The highest BCUT2D eigenvalue weighted by Crippen LogP contribution is 2.40. The number of hydrogen-bond donors (Lipinski definition) is 0. The normalized spacial score (nSPS) is 11.5. The van der Waals surface area contributed by atoms with E-state index < -0.39 is 0 Å². The SMILES string of the molecule is c1ccc2c(c1)sc1ncnc(-c3ccc(N(c4ccc(-c5cnc6ccncc6c5)cc4)c4ccc(-c5cnc6ccncc6c5)cc4)cc3)c12. The molecule has 6 heterocycles. The lowest BCUT2D eigenvalue weighted by molar-refractivity contribution is 1.23. The van der Waals surface area contributed by atoms with Gasteiger partial charge in [-0.2, -0.15) is 0 Å². The molecule has 0 radical (unpaired) electrons. The van der Waals surface area contributed by atoms with Gasteiger partial charge in [0.2, 0.25) is 0 Å². The maximum absolute atomic E-state index is 4.77. The Kier molecular flexibility index (Phi) is 7.18. The largest absolute Gasteiger partial charge is 0.311 e. The van der Waals surface area contributed by atoms with E-state index >= 15 is 0 Å². The molecule has 0 amide bonds. The maximum Gasteiger partial charge on any atom is 0.128 e. The Hall–Kier alpha value is -6.90. The Balaban J connectivity index is 1.04. The smallest absolute Gasteiger partial charge is 0.128 e. The molecule has 0 unspecified atom stereocenters. The van der Waals surface area contributed by atoms with Gasteiger partial charge in [0.15, 0.2) is 0 Å². The van der Waals surface area contributed by atoms with Crippen molar-refractivity contribution in [2.75, 3.05) is 4.90 Å². The van der Waals surface area contributed by atoms with Crippen molar-refractivity contribution < 1.29 is 0 Å². The summed E-state index contributed by atoms with van der Waals surface area (Å²) in [6.07, 6.45) is 12.8. The fourth-order valence-corrected chi connectivity index (χ4v) is 7.90. The first-order valence-electron chi connectivity index (χ1n) is 16.9. The summed E-state index contributed by atoms with van der Waals surface area (Å²) in [6, 6.07) is 42.5. The van der Waals surface area contributed by atoms with Gasteiger partial charge < -0.3 is 4.90 Å². The molecule has 4 aromatic carbocycles. The van der Waals surface area contributed by atoms with Gasteiger partial charge in [-0.05, 0) is 77.9 Å². The standard InChI is InChI=1S/C44H27N7S/c1-2-4-41-38(3-1)42-43(49-27-50-44(42)52-41)30-9-15-37(16-10-30)51(35-11-5-28(6-12-35)31-21-33-23-45-19-17-39(33)47-25-31)36-13-7-29(8-14-36)32-22-34-24-46-20-18-40(34)48-26-32/h1-27H. The second-order valence-corrected chi connectivity index (χ2v) is 13.6. The Labute approximate surface area is 302 Å². The first-order valence-corrected chi connectivity index (χ1v) is 17.7.